The van der Waals surface area contributed by atoms with Crippen molar-refractivity contribution in [3.8, 4) is 0 Å². The van der Waals surface area contributed by atoms with E-state index in [0.29, 0.717) is 11.2 Å². The van der Waals surface area contributed by atoms with E-state index in [1.54, 1.807) is 13.1 Å². The van der Waals surface area contributed by atoms with E-state index in [-0.39, 0.29) is 10.9 Å². The van der Waals surface area contributed by atoms with E-state index in [2.05, 4.69) is 10.3 Å². The maximum atomic E-state index is 11.8. The number of carbonyl (C=O) groups excluding carboxylic acids is 1. The van der Waals surface area contributed by atoms with Crippen molar-refractivity contribution in [3.05, 3.63) is 22.8 Å². The molecule has 20 heavy (non-hydrogen) atoms. The number of nitrogens with one attached hydrogen (secondary N) is 1. The first-order chi connectivity index (χ1) is 9.19. The smallest absolute Gasteiger partial charge is 0.398 e. The van der Waals surface area contributed by atoms with Crippen molar-refractivity contribution in [1.29, 1.82) is 0 Å². The van der Waals surface area contributed by atoms with Crippen LogP contribution in [0.1, 0.15) is 38.1 Å². The van der Waals surface area contributed by atoms with E-state index in [0.717, 1.165) is 0 Å². The molecule has 1 amide bonds. The standard InChI is InChI=1S/C13H18BClN2O3/c1-12(2)13(3,4)20-14(19-12)10-9(15)8(6-7-17-10)11(18)16-5/h6-7H,1-5H3,(H,16,18). The van der Waals surface area contributed by atoms with Crippen LogP contribution in [0, 0.1) is 0 Å². The van der Waals surface area contributed by atoms with Crippen LogP contribution in [0.3, 0.4) is 0 Å². The molecule has 2 heterocycles. The Labute approximate surface area is 124 Å². The van der Waals surface area contributed by atoms with Crippen LogP contribution >= 0.6 is 11.6 Å². The fourth-order valence-corrected chi connectivity index (χ4v) is 2.18. The molecule has 1 aliphatic heterocycles. The maximum Gasteiger partial charge on any atom is 0.516 e. The van der Waals surface area contributed by atoms with Gasteiger partial charge in [0, 0.05) is 13.2 Å². The largest absolute Gasteiger partial charge is 0.516 e. The molecule has 1 saturated heterocycles. The maximum absolute atomic E-state index is 11.8. The molecule has 108 valence electrons. The lowest BCUT2D eigenvalue weighted by atomic mass is 9.83. The quantitative estimate of drug-likeness (QED) is 0.838. The molecule has 0 unspecified atom stereocenters. The van der Waals surface area contributed by atoms with E-state index >= 15 is 0 Å². The molecule has 0 aromatic carbocycles. The molecule has 5 nitrogen and oxygen atoms in total. The van der Waals surface area contributed by atoms with Crippen LogP contribution in [-0.2, 0) is 9.31 Å². The second-order valence-corrected chi connectivity index (χ2v) is 6.10. The number of pyridine rings is 1. The van der Waals surface area contributed by atoms with Crippen molar-refractivity contribution in [3.63, 3.8) is 0 Å². The molecule has 0 aliphatic carbocycles. The monoisotopic (exact) mass is 296 g/mol. The number of rotatable bonds is 2. The van der Waals surface area contributed by atoms with Gasteiger partial charge in [-0.25, -0.2) is 0 Å². The molecule has 2 rings (SSSR count). The Kier molecular flexibility index (Phi) is 3.84. The Morgan fingerprint density at radius 3 is 2.35 bits per heavy atom. The van der Waals surface area contributed by atoms with Gasteiger partial charge in [0.1, 0.15) is 0 Å². The lowest BCUT2D eigenvalue weighted by Crippen LogP contribution is -2.41. The summed E-state index contributed by atoms with van der Waals surface area (Å²) >= 11 is 6.27. The Balaban J connectivity index is 2.39. The Bertz CT molecular complexity index is 532. The van der Waals surface area contributed by atoms with Crippen molar-refractivity contribution >= 4 is 30.2 Å². The van der Waals surface area contributed by atoms with Crippen LogP contribution in [0.4, 0.5) is 0 Å². The number of amides is 1. The predicted molar refractivity (Wildman–Crippen MR) is 78.4 cm³/mol. The van der Waals surface area contributed by atoms with Gasteiger partial charge in [0.05, 0.1) is 27.4 Å². The van der Waals surface area contributed by atoms with Gasteiger partial charge in [0.15, 0.2) is 0 Å². The highest BCUT2D eigenvalue weighted by molar-refractivity contribution is 6.65. The minimum absolute atomic E-state index is 0.255. The van der Waals surface area contributed by atoms with Crippen LogP contribution < -0.4 is 10.9 Å². The van der Waals surface area contributed by atoms with E-state index in [1.807, 2.05) is 27.7 Å². The van der Waals surface area contributed by atoms with Crippen LogP contribution in [0.15, 0.2) is 12.3 Å². The van der Waals surface area contributed by atoms with Crippen LogP contribution in [0.25, 0.3) is 0 Å². The SMILES string of the molecule is CNC(=O)c1ccnc(B2OC(C)(C)C(C)(C)O2)c1Cl. The first-order valence-electron chi connectivity index (χ1n) is 6.42. The minimum Gasteiger partial charge on any atom is -0.398 e. The first kappa shape index (κ1) is 15.3. The van der Waals surface area contributed by atoms with Crippen molar-refractivity contribution in [1.82, 2.24) is 10.3 Å². The summed E-state index contributed by atoms with van der Waals surface area (Å²) in [7, 11) is 0.866. The normalized spacial score (nSPS) is 20.0. The second-order valence-electron chi connectivity index (χ2n) is 5.73. The number of hydrogen-bond donors (Lipinski definition) is 1. The number of halogens is 1. The van der Waals surface area contributed by atoms with Crippen molar-refractivity contribution < 1.29 is 14.1 Å². The zero-order valence-corrected chi connectivity index (χ0v) is 13.0. The zero-order valence-electron chi connectivity index (χ0n) is 12.3. The predicted octanol–water partition coefficient (Wildman–Crippen LogP) is 1.39. The van der Waals surface area contributed by atoms with Gasteiger partial charge in [0.2, 0.25) is 0 Å². The van der Waals surface area contributed by atoms with E-state index in [4.69, 9.17) is 20.9 Å². The number of nitrogens with zero attached hydrogens (tertiary/aromatic N) is 1. The molecule has 1 fully saturated rings. The molecule has 0 radical (unpaired) electrons. The summed E-state index contributed by atoms with van der Waals surface area (Å²) in [6.45, 7) is 7.79. The molecule has 0 bridgehead atoms. The summed E-state index contributed by atoms with van der Waals surface area (Å²) in [4.78, 5) is 16.0. The molecular formula is C13H18BClN2O3. The topological polar surface area (TPSA) is 60.5 Å². The van der Waals surface area contributed by atoms with Gasteiger partial charge in [-0.15, -0.1) is 0 Å². The average molecular weight is 297 g/mol. The molecular weight excluding hydrogens is 278 g/mol. The fourth-order valence-electron chi connectivity index (χ4n) is 1.89. The van der Waals surface area contributed by atoms with Crippen LogP contribution in [0.5, 0.6) is 0 Å². The third-order valence-electron chi connectivity index (χ3n) is 3.86. The summed E-state index contributed by atoms with van der Waals surface area (Å²) in [5, 5.41) is 2.79. The number of hydrogen-bond acceptors (Lipinski definition) is 4. The molecule has 0 atom stereocenters. The zero-order chi connectivity index (χ0) is 15.1. The van der Waals surface area contributed by atoms with Crippen molar-refractivity contribution in [2.45, 2.75) is 38.9 Å². The summed E-state index contributed by atoms with van der Waals surface area (Å²) in [6, 6.07) is 1.57. The molecule has 7 heteroatoms. The lowest BCUT2D eigenvalue weighted by molar-refractivity contribution is 0.00578. The summed E-state index contributed by atoms with van der Waals surface area (Å²) < 4.78 is 11.8. The summed E-state index contributed by atoms with van der Waals surface area (Å²) in [5.74, 6) is -0.268. The van der Waals surface area contributed by atoms with Gasteiger partial charge in [-0.1, -0.05) is 11.6 Å². The number of carbonyl (C=O) groups is 1. The molecule has 1 N–H and O–H groups in total. The highest BCUT2D eigenvalue weighted by Crippen LogP contribution is 2.36. The van der Waals surface area contributed by atoms with Gasteiger partial charge in [-0.3, -0.25) is 9.78 Å². The fraction of sp³-hybridized carbons (Fsp3) is 0.538. The van der Waals surface area contributed by atoms with Crippen molar-refractivity contribution in [2.75, 3.05) is 7.05 Å². The van der Waals surface area contributed by atoms with Gasteiger partial charge in [0.25, 0.3) is 5.91 Å². The Morgan fingerprint density at radius 1 is 1.30 bits per heavy atom. The molecule has 0 spiro atoms. The molecule has 1 aliphatic rings. The van der Waals surface area contributed by atoms with Gasteiger partial charge >= 0.3 is 7.12 Å². The third kappa shape index (κ3) is 2.43. The molecule has 1 aromatic rings. The Morgan fingerprint density at radius 2 is 1.85 bits per heavy atom. The first-order valence-corrected chi connectivity index (χ1v) is 6.79. The van der Waals surface area contributed by atoms with E-state index in [9.17, 15) is 4.79 Å². The highest BCUT2D eigenvalue weighted by Gasteiger charge is 2.53. The molecule has 0 saturated carbocycles. The minimum atomic E-state index is -0.683. The highest BCUT2D eigenvalue weighted by atomic mass is 35.5. The summed E-state index contributed by atoms with van der Waals surface area (Å²) in [5.41, 5.74) is -0.183. The summed E-state index contributed by atoms with van der Waals surface area (Å²) in [6.07, 6.45) is 1.52. The number of aromatic nitrogens is 1. The van der Waals surface area contributed by atoms with E-state index in [1.165, 1.54) is 6.20 Å². The van der Waals surface area contributed by atoms with Gasteiger partial charge < -0.3 is 14.6 Å². The van der Waals surface area contributed by atoms with E-state index < -0.39 is 18.3 Å². The average Bonchev–Trinajstić information content (AvgIpc) is 2.57. The second kappa shape index (κ2) is 5.02. The van der Waals surface area contributed by atoms with Crippen LogP contribution in [0.2, 0.25) is 5.02 Å². The van der Waals surface area contributed by atoms with Crippen molar-refractivity contribution in [2.24, 2.45) is 0 Å². The van der Waals surface area contributed by atoms with Gasteiger partial charge in [-0.05, 0) is 33.8 Å². The molecule has 1 aromatic heterocycles. The lowest BCUT2D eigenvalue weighted by Gasteiger charge is -2.32. The Hall–Kier alpha value is -1.11. The third-order valence-corrected chi connectivity index (χ3v) is 4.26. The van der Waals surface area contributed by atoms with Gasteiger partial charge in [-0.2, -0.15) is 0 Å². The van der Waals surface area contributed by atoms with Crippen LogP contribution in [-0.4, -0.2) is 36.3 Å².